The van der Waals surface area contributed by atoms with E-state index >= 15 is 0 Å². The summed E-state index contributed by atoms with van der Waals surface area (Å²) in [5, 5.41) is 19.8. The Labute approximate surface area is 102 Å². The van der Waals surface area contributed by atoms with Crippen molar-refractivity contribution in [1.82, 2.24) is 0 Å². The number of hydrogen-bond donors (Lipinski definition) is 0. The summed E-state index contributed by atoms with van der Waals surface area (Å²) in [6.07, 6.45) is 0. The fraction of sp³-hybridized carbons (Fsp3) is 0. The summed E-state index contributed by atoms with van der Waals surface area (Å²) in [6, 6.07) is 11.6. The first kappa shape index (κ1) is 11.7. The van der Waals surface area contributed by atoms with Gasteiger partial charge in [-0.15, -0.1) is 0 Å². The predicted octanol–water partition coefficient (Wildman–Crippen LogP) is 3.27. The third-order valence-electron chi connectivity index (χ3n) is 2.51. The number of benzene rings is 2. The SMILES string of the molecule is N#Cc1c(-c2ccc(F)cc2)cccc1[N+](=O)[O-]. The molecule has 0 unspecified atom stereocenters. The summed E-state index contributed by atoms with van der Waals surface area (Å²) in [6.45, 7) is 0. The lowest BCUT2D eigenvalue weighted by atomic mass is 9.99. The molecule has 0 fully saturated rings. The Morgan fingerprint density at radius 3 is 2.39 bits per heavy atom. The standard InChI is InChI=1S/C13H7FN2O2/c14-10-6-4-9(5-7-10)11-2-1-3-13(16(17)18)12(11)8-15/h1-7H. The molecule has 0 bridgehead atoms. The average Bonchev–Trinajstić information content (AvgIpc) is 2.38. The second kappa shape index (κ2) is 4.63. The molecule has 5 heteroatoms. The molecule has 4 nitrogen and oxygen atoms in total. The Balaban J connectivity index is 2.65. The van der Waals surface area contributed by atoms with Crippen molar-refractivity contribution in [2.24, 2.45) is 0 Å². The lowest BCUT2D eigenvalue weighted by Crippen LogP contribution is -1.94. The zero-order valence-electron chi connectivity index (χ0n) is 9.13. The average molecular weight is 242 g/mol. The van der Waals surface area contributed by atoms with Crippen LogP contribution >= 0.6 is 0 Å². The molecule has 88 valence electrons. The van der Waals surface area contributed by atoms with E-state index in [-0.39, 0.29) is 11.3 Å². The number of halogens is 1. The summed E-state index contributed by atoms with van der Waals surface area (Å²) in [5.41, 5.74) is 0.719. The van der Waals surface area contributed by atoms with Crippen LogP contribution in [0, 0.1) is 27.3 Å². The van der Waals surface area contributed by atoms with E-state index in [0.29, 0.717) is 11.1 Å². The molecule has 0 amide bonds. The van der Waals surface area contributed by atoms with E-state index in [1.165, 1.54) is 36.4 Å². The quantitative estimate of drug-likeness (QED) is 0.599. The highest BCUT2D eigenvalue weighted by molar-refractivity contribution is 5.75. The normalized spacial score (nSPS) is 9.78. The Morgan fingerprint density at radius 1 is 1.17 bits per heavy atom. The van der Waals surface area contributed by atoms with Crippen LogP contribution in [0.4, 0.5) is 10.1 Å². The van der Waals surface area contributed by atoms with Gasteiger partial charge in [-0.3, -0.25) is 10.1 Å². The molecule has 0 aliphatic heterocycles. The Bertz CT molecular complexity index is 645. The maximum Gasteiger partial charge on any atom is 0.287 e. The molecule has 0 aromatic heterocycles. The molecule has 2 aromatic carbocycles. The van der Waals surface area contributed by atoms with E-state index in [1.54, 1.807) is 6.07 Å². The number of nitro benzene ring substituents is 1. The van der Waals surface area contributed by atoms with Gasteiger partial charge in [0.15, 0.2) is 0 Å². The second-order valence-corrected chi connectivity index (χ2v) is 3.58. The monoisotopic (exact) mass is 242 g/mol. The van der Waals surface area contributed by atoms with E-state index < -0.39 is 10.7 Å². The number of rotatable bonds is 2. The van der Waals surface area contributed by atoms with Crippen LogP contribution in [0.25, 0.3) is 11.1 Å². The van der Waals surface area contributed by atoms with Crippen LogP contribution in [0.5, 0.6) is 0 Å². The third-order valence-corrected chi connectivity index (χ3v) is 2.51. The van der Waals surface area contributed by atoms with Crippen molar-refractivity contribution in [3.63, 3.8) is 0 Å². The van der Waals surface area contributed by atoms with Gasteiger partial charge in [-0.05, 0) is 17.7 Å². The highest BCUT2D eigenvalue weighted by Crippen LogP contribution is 2.29. The lowest BCUT2D eigenvalue weighted by Gasteiger charge is -2.04. The van der Waals surface area contributed by atoms with Gasteiger partial charge >= 0.3 is 0 Å². The molecule has 2 aromatic rings. The van der Waals surface area contributed by atoms with Crippen molar-refractivity contribution in [2.75, 3.05) is 0 Å². The van der Waals surface area contributed by atoms with Crippen LogP contribution in [0.1, 0.15) is 5.56 Å². The minimum atomic E-state index is -0.606. The van der Waals surface area contributed by atoms with Gasteiger partial charge in [-0.2, -0.15) is 5.26 Å². The van der Waals surface area contributed by atoms with Gasteiger partial charge in [0.2, 0.25) is 0 Å². The van der Waals surface area contributed by atoms with Gasteiger partial charge in [0.05, 0.1) is 4.92 Å². The van der Waals surface area contributed by atoms with Gasteiger partial charge in [0.1, 0.15) is 17.4 Å². The van der Waals surface area contributed by atoms with Gasteiger partial charge in [0.25, 0.3) is 5.69 Å². The molecular weight excluding hydrogens is 235 g/mol. The van der Waals surface area contributed by atoms with E-state index in [9.17, 15) is 14.5 Å². The molecular formula is C13H7FN2O2. The molecule has 0 saturated heterocycles. The summed E-state index contributed by atoms with van der Waals surface area (Å²) in [7, 11) is 0. The largest absolute Gasteiger partial charge is 0.287 e. The van der Waals surface area contributed by atoms with Gasteiger partial charge < -0.3 is 0 Å². The van der Waals surface area contributed by atoms with Gasteiger partial charge in [-0.1, -0.05) is 24.3 Å². The zero-order valence-corrected chi connectivity index (χ0v) is 9.13. The Kier molecular flexibility index (Phi) is 3.02. The molecule has 0 atom stereocenters. The van der Waals surface area contributed by atoms with Gasteiger partial charge in [0, 0.05) is 11.6 Å². The van der Waals surface area contributed by atoms with Crippen molar-refractivity contribution in [2.45, 2.75) is 0 Å². The highest BCUT2D eigenvalue weighted by atomic mass is 19.1. The van der Waals surface area contributed by atoms with E-state index in [2.05, 4.69) is 0 Å². The Hall–Kier alpha value is -2.74. The number of nitriles is 1. The topological polar surface area (TPSA) is 66.9 Å². The van der Waals surface area contributed by atoms with Crippen LogP contribution in [-0.2, 0) is 0 Å². The smallest absolute Gasteiger partial charge is 0.258 e. The number of nitrogens with zero attached hydrogens (tertiary/aromatic N) is 2. The summed E-state index contributed by atoms with van der Waals surface area (Å²) in [5.74, 6) is -0.400. The summed E-state index contributed by atoms with van der Waals surface area (Å²) in [4.78, 5) is 10.2. The molecule has 0 saturated carbocycles. The maximum atomic E-state index is 12.8. The fourth-order valence-corrected chi connectivity index (χ4v) is 1.68. The molecule has 0 aliphatic rings. The summed E-state index contributed by atoms with van der Waals surface area (Å²) >= 11 is 0. The van der Waals surface area contributed by atoms with E-state index in [0.717, 1.165) is 0 Å². The fourth-order valence-electron chi connectivity index (χ4n) is 1.68. The first-order valence-electron chi connectivity index (χ1n) is 5.07. The van der Waals surface area contributed by atoms with Crippen LogP contribution in [0.3, 0.4) is 0 Å². The second-order valence-electron chi connectivity index (χ2n) is 3.58. The minimum absolute atomic E-state index is 0.0193. The van der Waals surface area contributed by atoms with Crippen LogP contribution in [0.2, 0.25) is 0 Å². The summed E-state index contributed by atoms with van der Waals surface area (Å²) < 4.78 is 12.8. The maximum absolute atomic E-state index is 12.8. The molecule has 0 radical (unpaired) electrons. The zero-order chi connectivity index (χ0) is 13.1. The third kappa shape index (κ3) is 2.04. The van der Waals surface area contributed by atoms with Crippen molar-refractivity contribution in [1.29, 1.82) is 5.26 Å². The van der Waals surface area contributed by atoms with Gasteiger partial charge in [-0.25, -0.2) is 4.39 Å². The van der Waals surface area contributed by atoms with Crippen molar-refractivity contribution in [3.8, 4) is 17.2 Å². The van der Waals surface area contributed by atoms with Crippen LogP contribution < -0.4 is 0 Å². The first-order chi connectivity index (χ1) is 8.63. The molecule has 18 heavy (non-hydrogen) atoms. The molecule has 0 heterocycles. The van der Waals surface area contributed by atoms with E-state index in [4.69, 9.17) is 5.26 Å². The van der Waals surface area contributed by atoms with Crippen molar-refractivity contribution >= 4 is 5.69 Å². The Morgan fingerprint density at radius 2 is 1.83 bits per heavy atom. The number of nitro groups is 1. The van der Waals surface area contributed by atoms with Crippen molar-refractivity contribution in [3.05, 3.63) is 64.0 Å². The molecule has 0 N–H and O–H groups in total. The first-order valence-corrected chi connectivity index (χ1v) is 5.07. The van der Waals surface area contributed by atoms with E-state index in [1.807, 2.05) is 6.07 Å². The molecule has 2 rings (SSSR count). The van der Waals surface area contributed by atoms with Crippen molar-refractivity contribution < 1.29 is 9.31 Å². The lowest BCUT2D eigenvalue weighted by molar-refractivity contribution is -0.385. The molecule has 0 aliphatic carbocycles. The highest BCUT2D eigenvalue weighted by Gasteiger charge is 2.17. The van der Waals surface area contributed by atoms with Crippen LogP contribution in [0.15, 0.2) is 42.5 Å². The minimum Gasteiger partial charge on any atom is -0.258 e. The number of hydrogen-bond acceptors (Lipinski definition) is 3. The predicted molar refractivity (Wildman–Crippen MR) is 63.2 cm³/mol. The molecule has 0 spiro atoms. The van der Waals surface area contributed by atoms with Crippen LogP contribution in [-0.4, -0.2) is 4.92 Å².